The second kappa shape index (κ2) is 7.01. The molecule has 0 bridgehead atoms. The zero-order valence-corrected chi connectivity index (χ0v) is 13.8. The van der Waals surface area contributed by atoms with Gasteiger partial charge in [0.2, 0.25) is 0 Å². The van der Waals surface area contributed by atoms with E-state index in [0.717, 1.165) is 5.56 Å². The van der Waals surface area contributed by atoms with E-state index in [0.29, 0.717) is 12.2 Å². The fourth-order valence-electron chi connectivity index (χ4n) is 2.75. The number of likely N-dealkylation sites (tertiary alicyclic amines) is 1. The number of benzene rings is 1. The van der Waals surface area contributed by atoms with Crippen molar-refractivity contribution in [1.82, 2.24) is 4.90 Å². The summed E-state index contributed by atoms with van der Waals surface area (Å²) in [5, 5.41) is 9.67. The van der Waals surface area contributed by atoms with Crippen molar-refractivity contribution in [3.05, 3.63) is 29.8 Å². The van der Waals surface area contributed by atoms with Crippen LogP contribution in [0.2, 0.25) is 0 Å². The first-order valence-corrected chi connectivity index (χ1v) is 7.97. The standard InChI is InChI=1S/C17H22F3NO3/c1-3-14(24-13-6-4-5-12(2)11-13)15(22)21-9-7-16(23,8-10-21)17(18,19)20/h4-6,11,14,23H,3,7-10H2,1-2H3. The van der Waals surface area contributed by atoms with Crippen molar-refractivity contribution >= 4 is 5.91 Å². The van der Waals surface area contributed by atoms with Gasteiger partial charge in [-0.05, 0) is 31.0 Å². The van der Waals surface area contributed by atoms with Crippen LogP contribution >= 0.6 is 0 Å². The molecule has 0 saturated carbocycles. The van der Waals surface area contributed by atoms with E-state index < -0.39 is 30.7 Å². The van der Waals surface area contributed by atoms with E-state index in [1.54, 1.807) is 19.1 Å². The first-order chi connectivity index (χ1) is 11.2. The third-order valence-corrected chi connectivity index (χ3v) is 4.34. The van der Waals surface area contributed by atoms with Crippen molar-refractivity contribution in [3.8, 4) is 5.75 Å². The van der Waals surface area contributed by atoms with Crippen LogP contribution < -0.4 is 4.74 Å². The molecular formula is C17H22F3NO3. The molecule has 1 amide bonds. The molecule has 24 heavy (non-hydrogen) atoms. The lowest BCUT2D eigenvalue weighted by atomic mass is 9.90. The number of halogens is 3. The Morgan fingerprint density at radius 3 is 2.50 bits per heavy atom. The Balaban J connectivity index is 2.00. The summed E-state index contributed by atoms with van der Waals surface area (Å²) in [5.41, 5.74) is -1.72. The molecule has 1 aromatic carbocycles. The van der Waals surface area contributed by atoms with E-state index in [4.69, 9.17) is 4.74 Å². The van der Waals surface area contributed by atoms with Crippen molar-refractivity contribution in [2.45, 2.75) is 51.0 Å². The normalized spacial score (nSPS) is 19.0. The number of rotatable bonds is 4. The van der Waals surface area contributed by atoms with Gasteiger partial charge in [-0.2, -0.15) is 13.2 Å². The number of ether oxygens (including phenoxy) is 1. The number of aryl methyl sites for hydroxylation is 1. The largest absolute Gasteiger partial charge is 0.481 e. The van der Waals surface area contributed by atoms with Gasteiger partial charge in [-0.15, -0.1) is 0 Å². The molecule has 0 aliphatic carbocycles. The molecule has 1 saturated heterocycles. The molecule has 1 aromatic rings. The predicted octanol–water partition coefficient (Wildman–Crippen LogP) is 3.07. The van der Waals surface area contributed by atoms with Crippen molar-refractivity contribution in [1.29, 1.82) is 0 Å². The summed E-state index contributed by atoms with van der Waals surface area (Å²) in [6.45, 7) is 3.41. The average Bonchev–Trinajstić information content (AvgIpc) is 2.52. The highest BCUT2D eigenvalue weighted by Gasteiger charge is 2.55. The van der Waals surface area contributed by atoms with Gasteiger partial charge in [0.15, 0.2) is 11.7 Å². The Bertz CT molecular complexity index is 581. The van der Waals surface area contributed by atoms with Crippen LogP contribution in [-0.4, -0.2) is 46.9 Å². The second-order valence-electron chi connectivity index (χ2n) is 6.19. The summed E-state index contributed by atoms with van der Waals surface area (Å²) in [6, 6.07) is 7.25. The molecule has 1 unspecified atom stereocenters. The number of alkyl halides is 3. The van der Waals surface area contributed by atoms with Crippen LogP contribution in [0.3, 0.4) is 0 Å². The number of carbonyl (C=O) groups is 1. The van der Waals surface area contributed by atoms with E-state index in [1.165, 1.54) is 4.90 Å². The van der Waals surface area contributed by atoms with Crippen LogP contribution in [0, 0.1) is 6.92 Å². The molecule has 1 fully saturated rings. The van der Waals surface area contributed by atoms with Gasteiger partial charge in [-0.25, -0.2) is 0 Å². The maximum atomic E-state index is 12.8. The third-order valence-electron chi connectivity index (χ3n) is 4.34. The second-order valence-corrected chi connectivity index (χ2v) is 6.19. The zero-order chi connectivity index (χ0) is 18.0. The molecule has 1 N–H and O–H groups in total. The Morgan fingerprint density at radius 1 is 1.38 bits per heavy atom. The highest BCUT2D eigenvalue weighted by Crippen LogP contribution is 2.38. The quantitative estimate of drug-likeness (QED) is 0.912. The maximum absolute atomic E-state index is 12.8. The molecule has 134 valence electrons. The summed E-state index contributed by atoms with van der Waals surface area (Å²) in [7, 11) is 0. The van der Waals surface area contributed by atoms with E-state index in [-0.39, 0.29) is 19.0 Å². The van der Waals surface area contributed by atoms with E-state index in [1.807, 2.05) is 19.1 Å². The SMILES string of the molecule is CCC(Oc1cccc(C)c1)C(=O)N1CCC(O)(C(F)(F)F)CC1. The lowest BCUT2D eigenvalue weighted by Gasteiger charge is -2.40. The van der Waals surface area contributed by atoms with Gasteiger partial charge in [0.25, 0.3) is 5.91 Å². The number of nitrogens with zero attached hydrogens (tertiary/aromatic N) is 1. The molecule has 4 nitrogen and oxygen atoms in total. The molecule has 1 heterocycles. The fraction of sp³-hybridized carbons (Fsp3) is 0.588. The van der Waals surface area contributed by atoms with Crippen LogP contribution in [0.1, 0.15) is 31.7 Å². The number of piperidine rings is 1. The molecule has 0 aromatic heterocycles. The highest BCUT2D eigenvalue weighted by molar-refractivity contribution is 5.81. The lowest BCUT2D eigenvalue weighted by molar-refractivity contribution is -0.272. The number of hydrogen-bond acceptors (Lipinski definition) is 3. The number of hydrogen-bond donors (Lipinski definition) is 1. The summed E-state index contributed by atoms with van der Waals surface area (Å²) in [4.78, 5) is 13.9. The molecular weight excluding hydrogens is 323 g/mol. The van der Waals surface area contributed by atoms with Gasteiger partial charge in [0, 0.05) is 25.9 Å². The summed E-state index contributed by atoms with van der Waals surface area (Å²) >= 11 is 0. The van der Waals surface area contributed by atoms with Crippen molar-refractivity contribution in [2.24, 2.45) is 0 Å². The monoisotopic (exact) mass is 345 g/mol. The van der Waals surface area contributed by atoms with Gasteiger partial charge in [-0.3, -0.25) is 4.79 Å². The van der Waals surface area contributed by atoms with Crippen molar-refractivity contribution < 1.29 is 27.8 Å². The molecule has 0 radical (unpaired) electrons. The van der Waals surface area contributed by atoms with Gasteiger partial charge < -0.3 is 14.7 Å². The Labute approximate surface area is 139 Å². The summed E-state index contributed by atoms with van der Waals surface area (Å²) in [5.74, 6) is 0.210. The third kappa shape index (κ3) is 4.01. The molecule has 1 aliphatic rings. The molecule has 7 heteroatoms. The Kier molecular flexibility index (Phi) is 5.42. The smallest absolute Gasteiger partial charge is 0.417 e. The molecule has 1 atom stereocenters. The Morgan fingerprint density at radius 2 is 2.00 bits per heavy atom. The van der Waals surface area contributed by atoms with Crippen LogP contribution in [0.25, 0.3) is 0 Å². The van der Waals surface area contributed by atoms with Gasteiger partial charge in [-0.1, -0.05) is 19.1 Å². The zero-order valence-electron chi connectivity index (χ0n) is 13.8. The van der Waals surface area contributed by atoms with Crippen molar-refractivity contribution in [2.75, 3.05) is 13.1 Å². The highest BCUT2D eigenvalue weighted by atomic mass is 19.4. The minimum Gasteiger partial charge on any atom is -0.481 e. The van der Waals surface area contributed by atoms with E-state index in [9.17, 15) is 23.1 Å². The van der Waals surface area contributed by atoms with E-state index >= 15 is 0 Å². The first-order valence-electron chi connectivity index (χ1n) is 7.97. The lowest BCUT2D eigenvalue weighted by Crippen LogP contribution is -2.56. The van der Waals surface area contributed by atoms with Crippen LogP contribution in [0.4, 0.5) is 13.2 Å². The van der Waals surface area contributed by atoms with Gasteiger partial charge in [0.05, 0.1) is 0 Å². The van der Waals surface area contributed by atoms with Crippen LogP contribution in [-0.2, 0) is 4.79 Å². The fourth-order valence-corrected chi connectivity index (χ4v) is 2.75. The minimum atomic E-state index is -4.68. The number of aliphatic hydroxyl groups is 1. The first kappa shape index (κ1) is 18.6. The maximum Gasteiger partial charge on any atom is 0.417 e. The molecule has 2 rings (SSSR count). The summed E-state index contributed by atoms with van der Waals surface area (Å²) < 4.78 is 44.2. The van der Waals surface area contributed by atoms with Gasteiger partial charge >= 0.3 is 6.18 Å². The number of amides is 1. The van der Waals surface area contributed by atoms with Gasteiger partial charge in [0.1, 0.15) is 5.75 Å². The molecule has 1 aliphatic heterocycles. The average molecular weight is 345 g/mol. The predicted molar refractivity (Wildman–Crippen MR) is 82.7 cm³/mol. The number of carbonyl (C=O) groups excluding carboxylic acids is 1. The Hall–Kier alpha value is -1.76. The molecule has 0 spiro atoms. The topological polar surface area (TPSA) is 49.8 Å². The summed E-state index contributed by atoms with van der Waals surface area (Å²) in [6.07, 6.45) is -6.03. The van der Waals surface area contributed by atoms with Crippen LogP contribution in [0.15, 0.2) is 24.3 Å². The minimum absolute atomic E-state index is 0.136. The van der Waals surface area contributed by atoms with E-state index in [2.05, 4.69) is 0 Å². The van der Waals surface area contributed by atoms with Crippen LogP contribution in [0.5, 0.6) is 5.75 Å². The van der Waals surface area contributed by atoms with Crippen molar-refractivity contribution in [3.63, 3.8) is 0 Å².